The number of fused-ring (bicyclic) bond motifs is 1. The summed E-state index contributed by atoms with van der Waals surface area (Å²) in [6.45, 7) is -0.492. The third-order valence-corrected chi connectivity index (χ3v) is 2.34. The first kappa shape index (κ1) is 9.71. The average Bonchev–Trinajstić information content (AvgIpc) is 2.58. The molecule has 0 atom stereocenters. The van der Waals surface area contributed by atoms with Crippen molar-refractivity contribution in [2.45, 2.75) is 6.54 Å². The van der Waals surface area contributed by atoms with Gasteiger partial charge in [-0.25, -0.2) is 9.18 Å². The van der Waals surface area contributed by atoms with E-state index in [1.165, 1.54) is 4.57 Å². The van der Waals surface area contributed by atoms with E-state index in [9.17, 15) is 9.18 Å². The zero-order valence-electron chi connectivity index (χ0n) is 7.98. The number of carboxylic acids is 1. The fraction of sp³-hybridized carbons (Fsp3) is 0.182. The first-order valence-electron chi connectivity index (χ1n) is 4.61. The standard InChI is InChI=1S/C11H10FNO2/c12-5-6-13-9-4-2-1-3-8(9)7-10(13)11(14)15/h1-4,7H,5-6H2,(H,14,15). The third-order valence-electron chi connectivity index (χ3n) is 2.34. The van der Waals surface area contributed by atoms with Crippen molar-refractivity contribution in [1.29, 1.82) is 0 Å². The van der Waals surface area contributed by atoms with Crippen LogP contribution in [0.25, 0.3) is 10.9 Å². The van der Waals surface area contributed by atoms with Gasteiger partial charge in [0.15, 0.2) is 0 Å². The van der Waals surface area contributed by atoms with E-state index in [2.05, 4.69) is 0 Å². The maximum Gasteiger partial charge on any atom is 0.352 e. The van der Waals surface area contributed by atoms with Crippen LogP contribution in [0.1, 0.15) is 10.5 Å². The second-order valence-corrected chi connectivity index (χ2v) is 3.23. The van der Waals surface area contributed by atoms with Crippen molar-refractivity contribution >= 4 is 16.9 Å². The molecule has 0 fully saturated rings. The van der Waals surface area contributed by atoms with Gasteiger partial charge >= 0.3 is 5.97 Å². The van der Waals surface area contributed by atoms with Gasteiger partial charge in [-0.15, -0.1) is 0 Å². The number of hydrogen-bond donors (Lipinski definition) is 1. The average molecular weight is 207 g/mol. The minimum absolute atomic E-state index is 0.0785. The molecule has 0 aliphatic carbocycles. The van der Waals surface area contributed by atoms with Crippen molar-refractivity contribution in [2.24, 2.45) is 0 Å². The summed E-state index contributed by atoms with van der Waals surface area (Å²) >= 11 is 0. The van der Waals surface area contributed by atoms with Crippen LogP contribution in [0.5, 0.6) is 0 Å². The molecular weight excluding hydrogens is 197 g/mol. The highest BCUT2D eigenvalue weighted by Gasteiger charge is 2.13. The molecule has 2 rings (SSSR count). The molecule has 0 saturated heterocycles. The van der Waals surface area contributed by atoms with Crippen LogP contribution >= 0.6 is 0 Å². The molecule has 1 aromatic heterocycles. The number of alkyl halides is 1. The Morgan fingerprint density at radius 3 is 2.80 bits per heavy atom. The number of benzene rings is 1. The van der Waals surface area contributed by atoms with Crippen LogP contribution in [0.3, 0.4) is 0 Å². The van der Waals surface area contributed by atoms with Crippen molar-refractivity contribution in [1.82, 2.24) is 4.57 Å². The first-order chi connectivity index (χ1) is 7.24. The van der Waals surface area contributed by atoms with Crippen LogP contribution in [0, 0.1) is 0 Å². The summed E-state index contributed by atoms with van der Waals surface area (Å²) in [5.74, 6) is -1.03. The smallest absolute Gasteiger partial charge is 0.352 e. The summed E-state index contributed by atoms with van der Waals surface area (Å²) in [7, 11) is 0. The molecule has 78 valence electrons. The van der Waals surface area contributed by atoms with E-state index in [1.54, 1.807) is 12.1 Å². The van der Waals surface area contributed by atoms with Gasteiger partial charge in [0.25, 0.3) is 0 Å². The summed E-state index contributed by atoms with van der Waals surface area (Å²) in [6.07, 6.45) is 0. The lowest BCUT2D eigenvalue weighted by atomic mass is 10.2. The van der Waals surface area contributed by atoms with Gasteiger partial charge in [0.1, 0.15) is 12.4 Å². The highest BCUT2D eigenvalue weighted by atomic mass is 19.1. The molecule has 1 heterocycles. The van der Waals surface area contributed by atoms with Gasteiger partial charge < -0.3 is 9.67 Å². The summed E-state index contributed by atoms with van der Waals surface area (Å²) < 4.78 is 13.8. The van der Waals surface area contributed by atoms with E-state index in [4.69, 9.17) is 5.11 Å². The molecule has 3 nitrogen and oxygen atoms in total. The van der Waals surface area contributed by atoms with Crippen LogP contribution < -0.4 is 0 Å². The van der Waals surface area contributed by atoms with Gasteiger partial charge in [0.05, 0.1) is 6.54 Å². The van der Waals surface area contributed by atoms with Crippen molar-refractivity contribution in [3.05, 3.63) is 36.0 Å². The number of aryl methyl sites for hydroxylation is 1. The molecule has 0 spiro atoms. The van der Waals surface area contributed by atoms with Crippen LogP contribution in [0.4, 0.5) is 4.39 Å². The Hall–Kier alpha value is -1.84. The number of hydrogen-bond acceptors (Lipinski definition) is 1. The molecule has 0 unspecified atom stereocenters. The van der Waals surface area contributed by atoms with E-state index in [-0.39, 0.29) is 12.2 Å². The van der Waals surface area contributed by atoms with E-state index >= 15 is 0 Å². The van der Waals surface area contributed by atoms with Gasteiger partial charge in [-0.3, -0.25) is 0 Å². The van der Waals surface area contributed by atoms with E-state index in [0.29, 0.717) is 0 Å². The Kier molecular flexibility index (Phi) is 2.41. The van der Waals surface area contributed by atoms with Crippen molar-refractivity contribution in [3.8, 4) is 0 Å². The lowest BCUT2D eigenvalue weighted by molar-refractivity contribution is 0.0685. The Balaban J connectivity index is 2.68. The molecule has 0 aliphatic rings. The Bertz CT molecular complexity index is 504. The number of aromatic nitrogens is 1. The molecule has 4 heteroatoms. The second-order valence-electron chi connectivity index (χ2n) is 3.23. The van der Waals surface area contributed by atoms with Gasteiger partial charge in [-0.2, -0.15) is 0 Å². The fourth-order valence-corrected chi connectivity index (χ4v) is 1.71. The Morgan fingerprint density at radius 1 is 1.40 bits per heavy atom. The normalized spacial score (nSPS) is 10.7. The van der Waals surface area contributed by atoms with Crippen molar-refractivity contribution in [2.75, 3.05) is 6.67 Å². The summed E-state index contributed by atoms with van der Waals surface area (Å²) in [4.78, 5) is 10.9. The maximum atomic E-state index is 12.3. The van der Waals surface area contributed by atoms with E-state index in [0.717, 1.165) is 10.9 Å². The molecule has 0 aliphatic heterocycles. The number of halogens is 1. The number of para-hydroxylation sites is 1. The number of nitrogens with zero attached hydrogens (tertiary/aromatic N) is 1. The number of aromatic carboxylic acids is 1. The van der Waals surface area contributed by atoms with Gasteiger partial charge in [-0.05, 0) is 12.1 Å². The first-order valence-corrected chi connectivity index (χ1v) is 4.61. The SMILES string of the molecule is O=C(O)c1cc2ccccc2n1CCF. The molecule has 1 N–H and O–H groups in total. The fourth-order valence-electron chi connectivity index (χ4n) is 1.71. The van der Waals surface area contributed by atoms with Crippen molar-refractivity contribution < 1.29 is 14.3 Å². The number of carboxylic acid groups (broad SMARTS) is 1. The highest BCUT2D eigenvalue weighted by molar-refractivity contribution is 5.94. The summed E-state index contributed by atoms with van der Waals surface area (Å²) in [6, 6.07) is 8.80. The van der Waals surface area contributed by atoms with Gasteiger partial charge in [0.2, 0.25) is 0 Å². The predicted octanol–water partition coefficient (Wildman–Crippen LogP) is 2.31. The zero-order chi connectivity index (χ0) is 10.8. The molecule has 1 aromatic carbocycles. The monoisotopic (exact) mass is 207 g/mol. The zero-order valence-corrected chi connectivity index (χ0v) is 7.98. The molecule has 0 radical (unpaired) electrons. The Morgan fingerprint density at radius 2 is 2.13 bits per heavy atom. The molecule has 0 amide bonds. The number of carbonyl (C=O) groups is 1. The molecule has 15 heavy (non-hydrogen) atoms. The van der Waals surface area contributed by atoms with Gasteiger partial charge in [-0.1, -0.05) is 18.2 Å². The van der Waals surface area contributed by atoms with Gasteiger partial charge in [0, 0.05) is 10.9 Å². The summed E-state index contributed by atoms with van der Waals surface area (Å²) in [5.41, 5.74) is 0.890. The second kappa shape index (κ2) is 3.73. The predicted molar refractivity (Wildman–Crippen MR) is 54.9 cm³/mol. The topological polar surface area (TPSA) is 42.2 Å². The lowest BCUT2D eigenvalue weighted by Gasteiger charge is -2.04. The van der Waals surface area contributed by atoms with Crippen LogP contribution in [-0.2, 0) is 6.54 Å². The quantitative estimate of drug-likeness (QED) is 0.839. The lowest BCUT2D eigenvalue weighted by Crippen LogP contribution is -2.09. The Labute approximate surface area is 85.7 Å². The largest absolute Gasteiger partial charge is 0.477 e. The van der Waals surface area contributed by atoms with Crippen LogP contribution in [0.15, 0.2) is 30.3 Å². The number of rotatable bonds is 3. The maximum absolute atomic E-state index is 12.3. The van der Waals surface area contributed by atoms with Crippen molar-refractivity contribution in [3.63, 3.8) is 0 Å². The molecule has 0 bridgehead atoms. The minimum atomic E-state index is -1.03. The van der Waals surface area contributed by atoms with Crippen LogP contribution in [-0.4, -0.2) is 22.3 Å². The molecule has 2 aromatic rings. The highest BCUT2D eigenvalue weighted by Crippen LogP contribution is 2.19. The molecule has 0 saturated carbocycles. The van der Waals surface area contributed by atoms with E-state index < -0.39 is 12.6 Å². The molecular formula is C11H10FNO2. The van der Waals surface area contributed by atoms with E-state index in [1.807, 2.05) is 18.2 Å². The minimum Gasteiger partial charge on any atom is -0.477 e. The van der Waals surface area contributed by atoms with Crippen LogP contribution in [0.2, 0.25) is 0 Å². The third kappa shape index (κ3) is 1.58. The summed E-state index contributed by atoms with van der Waals surface area (Å²) in [5, 5.41) is 9.77.